The molecule has 24 heavy (non-hydrogen) atoms. The summed E-state index contributed by atoms with van der Waals surface area (Å²) >= 11 is 1.63. The van der Waals surface area contributed by atoms with Gasteiger partial charge in [0.05, 0.1) is 13.2 Å². The van der Waals surface area contributed by atoms with Gasteiger partial charge in [0.15, 0.2) is 5.43 Å². The third-order valence-corrected chi connectivity index (χ3v) is 5.20. The van der Waals surface area contributed by atoms with Crippen LogP contribution in [0.3, 0.4) is 0 Å². The Morgan fingerprint density at radius 1 is 1.17 bits per heavy atom. The normalized spacial score (nSPS) is 14.0. The number of rotatable bonds is 4. The number of benzene rings is 2. The van der Waals surface area contributed by atoms with E-state index in [2.05, 4.69) is 23.3 Å². The van der Waals surface area contributed by atoms with Crippen molar-refractivity contribution in [1.29, 1.82) is 0 Å². The standard InChI is InChI=1S/C19H18N2O2S/c1-2-9-23-13-4-6-16-15(11-13)18(22)14-5-3-12(10-17(14)24-16)19-20-7-8-21-19/h3-6,10-11H,2,7-9H2,1H3,(H,20,21). The summed E-state index contributed by atoms with van der Waals surface area (Å²) < 4.78 is 7.63. The van der Waals surface area contributed by atoms with Crippen LogP contribution >= 0.6 is 11.3 Å². The van der Waals surface area contributed by atoms with Gasteiger partial charge in [0.25, 0.3) is 0 Å². The van der Waals surface area contributed by atoms with Gasteiger partial charge < -0.3 is 10.1 Å². The SMILES string of the molecule is CCCOc1ccc2sc3cc(C4=NCCN4)ccc3c(=O)c2c1. The van der Waals surface area contributed by atoms with Crippen LogP contribution in [0.5, 0.6) is 5.75 Å². The quantitative estimate of drug-likeness (QED) is 0.740. The van der Waals surface area contributed by atoms with Gasteiger partial charge in [-0.2, -0.15) is 0 Å². The molecule has 0 fully saturated rings. The van der Waals surface area contributed by atoms with E-state index in [1.54, 1.807) is 11.3 Å². The predicted molar refractivity (Wildman–Crippen MR) is 101 cm³/mol. The monoisotopic (exact) mass is 338 g/mol. The average molecular weight is 338 g/mol. The molecule has 1 aromatic heterocycles. The zero-order valence-electron chi connectivity index (χ0n) is 13.5. The van der Waals surface area contributed by atoms with E-state index in [1.165, 1.54) is 0 Å². The molecule has 0 saturated carbocycles. The molecule has 0 unspecified atom stereocenters. The van der Waals surface area contributed by atoms with Crippen LogP contribution < -0.4 is 15.5 Å². The third kappa shape index (κ3) is 2.65. The number of hydrogen-bond donors (Lipinski definition) is 1. The minimum absolute atomic E-state index is 0.0635. The molecule has 1 N–H and O–H groups in total. The summed E-state index contributed by atoms with van der Waals surface area (Å²) in [6.45, 7) is 4.41. The second-order valence-corrected chi connectivity index (χ2v) is 6.89. The van der Waals surface area contributed by atoms with Crippen LogP contribution in [0.1, 0.15) is 18.9 Å². The number of ether oxygens (including phenoxy) is 1. The van der Waals surface area contributed by atoms with E-state index < -0.39 is 0 Å². The summed E-state index contributed by atoms with van der Waals surface area (Å²) in [6, 6.07) is 11.7. The van der Waals surface area contributed by atoms with E-state index in [-0.39, 0.29) is 5.43 Å². The fourth-order valence-electron chi connectivity index (χ4n) is 2.88. The van der Waals surface area contributed by atoms with Crippen molar-refractivity contribution in [2.75, 3.05) is 19.7 Å². The molecule has 4 nitrogen and oxygen atoms in total. The van der Waals surface area contributed by atoms with E-state index in [1.807, 2.05) is 30.3 Å². The van der Waals surface area contributed by atoms with Crippen LogP contribution in [0, 0.1) is 0 Å². The lowest BCUT2D eigenvalue weighted by atomic mass is 10.1. The van der Waals surface area contributed by atoms with E-state index >= 15 is 0 Å². The van der Waals surface area contributed by atoms with Crippen molar-refractivity contribution in [3.63, 3.8) is 0 Å². The van der Waals surface area contributed by atoms with Crippen molar-refractivity contribution >= 4 is 37.3 Å². The first-order chi connectivity index (χ1) is 11.8. The molecule has 5 heteroatoms. The summed E-state index contributed by atoms with van der Waals surface area (Å²) in [6.07, 6.45) is 0.948. The highest BCUT2D eigenvalue weighted by Crippen LogP contribution is 2.28. The number of aliphatic imine (C=N–C) groups is 1. The number of nitrogens with zero attached hydrogens (tertiary/aromatic N) is 1. The number of nitrogens with one attached hydrogen (secondary N) is 1. The van der Waals surface area contributed by atoms with Gasteiger partial charge in [0, 0.05) is 32.3 Å². The van der Waals surface area contributed by atoms with Crippen LogP contribution in [0.4, 0.5) is 0 Å². The van der Waals surface area contributed by atoms with Gasteiger partial charge in [0.1, 0.15) is 11.6 Å². The average Bonchev–Trinajstić information content (AvgIpc) is 3.14. The molecule has 1 aliphatic heterocycles. The van der Waals surface area contributed by atoms with Crippen molar-refractivity contribution < 1.29 is 4.74 Å². The van der Waals surface area contributed by atoms with E-state index in [9.17, 15) is 4.79 Å². The van der Waals surface area contributed by atoms with Gasteiger partial charge >= 0.3 is 0 Å². The maximum Gasteiger partial charge on any atom is 0.196 e. The van der Waals surface area contributed by atoms with Gasteiger partial charge in [0.2, 0.25) is 0 Å². The van der Waals surface area contributed by atoms with E-state index in [0.717, 1.165) is 56.8 Å². The zero-order chi connectivity index (χ0) is 16.5. The molecule has 2 heterocycles. The smallest absolute Gasteiger partial charge is 0.196 e. The van der Waals surface area contributed by atoms with Crippen LogP contribution in [0.2, 0.25) is 0 Å². The Balaban J connectivity index is 1.85. The van der Waals surface area contributed by atoms with E-state index in [4.69, 9.17) is 4.74 Å². The molecule has 4 rings (SSSR count). The first kappa shape index (κ1) is 15.1. The maximum atomic E-state index is 12.9. The minimum Gasteiger partial charge on any atom is -0.494 e. The van der Waals surface area contributed by atoms with Crippen molar-refractivity contribution in [2.24, 2.45) is 4.99 Å². The second-order valence-electron chi connectivity index (χ2n) is 5.81. The molecule has 1 aliphatic rings. The Labute approximate surface area is 143 Å². The summed E-state index contributed by atoms with van der Waals surface area (Å²) in [5, 5.41) is 4.76. The Morgan fingerprint density at radius 2 is 2.08 bits per heavy atom. The van der Waals surface area contributed by atoms with Crippen LogP contribution in [0.25, 0.3) is 20.2 Å². The summed E-state index contributed by atoms with van der Waals surface area (Å²) in [5.41, 5.74) is 1.10. The highest BCUT2D eigenvalue weighted by molar-refractivity contribution is 7.24. The van der Waals surface area contributed by atoms with Crippen molar-refractivity contribution in [1.82, 2.24) is 5.32 Å². The molecule has 122 valence electrons. The summed E-state index contributed by atoms with van der Waals surface area (Å²) in [7, 11) is 0. The van der Waals surface area contributed by atoms with E-state index in [0.29, 0.717) is 6.61 Å². The van der Waals surface area contributed by atoms with Crippen LogP contribution in [-0.4, -0.2) is 25.5 Å². The molecule has 0 radical (unpaired) electrons. The van der Waals surface area contributed by atoms with Gasteiger partial charge in [-0.25, -0.2) is 0 Å². The molecule has 2 aromatic carbocycles. The van der Waals surface area contributed by atoms with Gasteiger partial charge in [-0.15, -0.1) is 11.3 Å². The lowest BCUT2D eigenvalue weighted by Crippen LogP contribution is -2.19. The molecule has 0 amide bonds. The molecule has 0 spiro atoms. The fourth-order valence-corrected chi connectivity index (χ4v) is 3.97. The van der Waals surface area contributed by atoms with Crippen molar-refractivity contribution in [3.8, 4) is 5.75 Å². The highest BCUT2D eigenvalue weighted by Gasteiger charge is 2.12. The van der Waals surface area contributed by atoms with Crippen molar-refractivity contribution in [3.05, 3.63) is 52.2 Å². The Hall–Kier alpha value is -2.40. The van der Waals surface area contributed by atoms with Crippen LogP contribution in [-0.2, 0) is 0 Å². The Kier molecular flexibility index (Phi) is 3.94. The first-order valence-electron chi connectivity index (χ1n) is 8.18. The largest absolute Gasteiger partial charge is 0.494 e. The van der Waals surface area contributed by atoms with Gasteiger partial charge in [-0.1, -0.05) is 13.0 Å². The van der Waals surface area contributed by atoms with Crippen molar-refractivity contribution in [2.45, 2.75) is 13.3 Å². The summed E-state index contributed by atoms with van der Waals surface area (Å²) in [4.78, 5) is 17.3. The molecular formula is C19H18N2O2S. The van der Waals surface area contributed by atoms with Gasteiger partial charge in [-0.3, -0.25) is 9.79 Å². The highest BCUT2D eigenvalue weighted by atomic mass is 32.1. The third-order valence-electron chi connectivity index (χ3n) is 4.06. The Bertz CT molecular complexity index is 1010. The molecule has 0 atom stereocenters. The molecule has 0 aliphatic carbocycles. The number of amidine groups is 1. The topological polar surface area (TPSA) is 50.7 Å². The van der Waals surface area contributed by atoms with Crippen LogP contribution in [0.15, 0.2) is 46.2 Å². The summed E-state index contributed by atoms with van der Waals surface area (Å²) in [5.74, 6) is 1.68. The number of fused-ring (bicyclic) bond motifs is 2. The lowest BCUT2D eigenvalue weighted by molar-refractivity contribution is 0.318. The van der Waals surface area contributed by atoms with Gasteiger partial charge in [-0.05, 0) is 36.8 Å². The lowest BCUT2D eigenvalue weighted by Gasteiger charge is -2.07. The maximum absolute atomic E-state index is 12.9. The minimum atomic E-state index is 0.0635. The molecular weight excluding hydrogens is 320 g/mol. The predicted octanol–water partition coefficient (Wildman–Crippen LogP) is 3.55. The molecule has 0 bridgehead atoms. The molecule has 3 aromatic rings. The molecule has 0 saturated heterocycles. The first-order valence-corrected chi connectivity index (χ1v) is 9.00. The number of hydrogen-bond acceptors (Lipinski definition) is 5. The zero-order valence-corrected chi connectivity index (χ0v) is 14.3. The Morgan fingerprint density at radius 3 is 2.88 bits per heavy atom. The second kappa shape index (κ2) is 6.24. The fraction of sp³-hybridized carbons (Fsp3) is 0.263.